The Morgan fingerprint density at radius 1 is 1.00 bits per heavy atom. The van der Waals surface area contributed by atoms with Gasteiger partial charge in [0, 0.05) is 18.2 Å². The standard InChI is InChI=1S/C17H14F4N2O4/c1-26-23-16(24)10-4-2-9(3-5-10)7-22-17(25)27-8-11-12(18)6-13(19)15(21)14(11)20/h2-6H,7-8H2,1H3,(H,22,25)(H,23,24). The van der Waals surface area contributed by atoms with Gasteiger partial charge in [0.2, 0.25) is 0 Å². The van der Waals surface area contributed by atoms with Crippen LogP contribution in [0.2, 0.25) is 0 Å². The zero-order valence-electron chi connectivity index (χ0n) is 13.9. The van der Waals surface area contributed by atoms with Crippen LogP contribution >= 0.6 is 0 Å². The Labute approximate surface area is 151 Å². The highest BCUT2D eigenvalue weighted by Gasteiger charge is 2.20. The van der Waals surface area contributed by atoms with E-state index in [0.717, 1.165) is 0 Å². The monoisotopic (exact) mass is 386 g/mol. The summed E-state index contributed by atoms with van der Waals surface area (Å²) in [6.45, 7) is -0.926. The van der Waals surface area contributed by atoms with Gasteiger partial charge in [-0.05, 0) is 17.7 Å². The molecule has 10 heteroatoms. The smallest absolute Gasteiger partial charge is 0.407 e. The molecule has 0 fully saturated rings. The average molecular weight is 386 g/mol. The van der Waals surface area contributed by atoms with Gasteiger partial charge in [0.1, 0.15) is 12.4 Å². The van der Waals surface area contributed by atoms with Gasteiger partial charge >= 0.3 is 6.09 Å². The van der Waals surface area contributed by atoms with Crippen molar-refractivity contribution in [3.05, 3.63) is 70.3 Å². The molecule has 2 aromatic rings. The number of carbonyl (C=O) groups is 2. The molecule has 0 aliphatic carbocycles. The van der Waals surface area contributed by atoms with Crippen molar-refractivity contribution < 1.29 is 36.7 Å². The topological polar surface area (TPSA) is 76.7 Å². The van der Waals surface area contributed by atoms with Crippen molar-refractivity contribution in [2.24, 2.45) is 0 Å². The quantitative estimate of drug-likeness (QED) is 0.346. The summed E-state index contributed by atoms with van der Waals surface area (Å²) in [6, 6.07) is 6.25. The predicted octanol–water partition coefficient (Wildman–Crippen LogP) is 2.96. The van der Waals surface area contributed by atoms with Crippen LogP contribution in [0.1, 0.15) is 21.5 Å². The second-order valence-corrected chi connectivity index (χ2v) is 5.21. The van der Waals surface area contributed by atoms with Crippen molar-refractivity contribution in [3.63, 3.8) is 0 Å². The summed E-state index contributed by atoms with van der Waals surface area (Å²) in [4.78, 5) is 27.6. The normalized spacial score (nSPS) is 10.4. The van der Waals surface area contributed by atoms with Gasteiger partial charge in [-0.25, -0.2) is 27.8 Å². The molecule has 0 heterocycles. The van der Waals surface area contributed by atoms with E-state index < -0.39 is 47.4 Å². The first kappa shape index (κ1) is 20.2. The maximum Gasteiger partial charge on any atom is 0.407 e. The summed E-state index contributed by atoms with van der Waals surface area (Å²) in [6.07, 6.45) is -1.03. The minimum atomic E-state index is -1.85. The number of carbonyl (C=O) groups excluding carboxylic acids is 2. The average Bonchev–Trinajstić information content (AvgIpc) is 2.65. The van der Waals surface area contributed by atoms with Crippen LogP contribution < -0.4 is 10.8 Å². The van der Waals surface area contributed by atoms with Crippen LogP contribution in [0, 0.1) is 23.3 Å². The van der Waals surface area contributed by atoms with Gasteiger partial charge in [-0.3, -0.25) is 9.63 Å². The van der Waals surface area contributed by atoms with Crippen molar-refractivity contribution in [3.8, 4) is 0 Å². The van der Waals surface area contributed by atoms with Gasteiger partial charge in [-0.1, -0.05) is 12.1 Å². The van der Waals surface area contributed by atoms with Crippen LogP contribution in [-0.2, 0) is 22.7 Å². The molecule has 0 radical (unpaired) electrons. The number of halogens is 4. The zero-order valence-corrected chi connectivity index (χ0v) is 13.9. The minimum Gasteiger partial charge on any atom is -0.444 e. The van der Waals surface area contributed by atoms with Crippen molar-refractivity contribution in [2.75, 3.05) is 7.11 Å². The Balaban J connectivity index is 1.88. The molecule has 0 saturated carbocycles. The third-order valence-corrected chi connectivity index (χ3v) is 3.40. The Morgan fingerprint density at radius 3 is 2.30 bits per heavy atom. The van der Waals surface area contributed by atoms with E-state index >= 15 is 0 Å². The van der Waals surface area contributed by atoms with E-state index in [1.54, 1.807) is 12.1 Å². The lowest BCUT2D eigenvalue weighted by Gasteiger charge is -2.09. The lowest BCUT2D eigenvalue weighted by molar-refractivity contribution is 0.0537. The molecule has 2 amide bonds. The molecule has 2 N–H and O–H groups in total. The van der Waals surface area contributed by atoms with E-state index in [1.807, 2.05) is 0 Å². The number of ether oxygens (including phenoxy) is 1. The van der Waals surface area contributed by atoms with E-state index in [1.165, 1.54) is 19.2 Å². The van der Waals surface area contributed by atoms with Crippen LogP contribution in [-0.4, -0.2) is 19.1 Å². The second-order valence-electron chi connectivity index (χ2n) is 5.21. The molecule has 0 aliphatic rings. The molecule has 2 rings (SSSR count). The van der Waals surface area contributed by atoms with Crippen LogP contribution in [0.25, 0.3) is 0 Å². The number of rotatable bonds is 6. The van der Waals surface area contributed by atoms with E-state index in [-0.39, 0.29) is 12.6 Å². The minimum absolute atomic E-state index is 0.00620. The van der Waals surface area contributed by atoms with E-state index in [2.05, 4.69) is 20.4 Å². The van der Waals surface area contributed by atoms with Gasteiger partial charge in [0.25, 0.3) is 5.91 Å². The van der Waals surface area contributed by atoms with Crippen molar-refractivity contribution >= 4 is 12.0 Å². The summed E-state index contributed by atoms with van der Waals surface area (Å²) < 4.78 is 57.5. The molecule has 0 aromatic heterocycles. The highest BCUT2D eigenvalue weighted by molar-refractivity contribution is 5.93. The molecule has 0 unspecified atom stereocenters. The second kappa shape index (κ2) is 8.99. The molecule has 0 spiro atoms. The van der Waals surface area contributed by atoms with Gasteiger partial charge in [-0.15, -0.1) is 0 Å². The third-order valence-electron chi connectivity index (χ3n) is 3.40. The fourth-order valence-electron chi connectivity index (χ4n) is 2.02. The molecular weight excluding hydrogens is 372 g/mol. The third kappa shape index (κ3) is 5.17. The number of alkyl carbamates (subject to hydrolysis) is 1. The SMILES string of the molecule is CONC(=O)c1ccc(CNC(=O)OCc2c(F)cc(F)c(F)c2F)cc1. The van der Waals surface area contributed by atoms with Crippen molar-refractivity contribution in [1.82, 2.24) is 10.8 Å². The van der Waals surface area contributed by atoms with Crippen molar-refractivity contribution in [2.45, 2.75) is 13.2 Å². The Morgan fingerprint density at radius 2 is 1.67 bits per heavy atom. The maximum atomic E-state index is 13.5. The number of benzene rings is 2. The lowest BCUT2D eigenvalue weighted by Crippen LogP contribution is -2.24. The van der Waals surface area contributed by atoms with Crippen LogP contribution in [0.4, 0.5) is 22.4 Å². The summed E-state index contributed by atoms with van der Waals surface area (Å²) in [7, 11) is 1.29. The predicted molar refractivity (Wildman–Crippen MR) is 84.2 cm³/mol. The van der Waals surface area contributed by atoms with Gasteiger partial charge < -0.3 is 10.1 Å². The molecule has 27 heavy (non-hydrogen) atoms. The Bertz CT molecular complexity index is 844. The Kier molecular flexibility index (Phi) is 6.72. The molecule has 0 aliphatic heterocycles. The Hall–Kier alpha value is -3.14. The first-order chi connectivity index (χ1) is 12.8. The molecular formula is C17H14F4N2O4. The first-order valence-corrected chi connectivity index (χ1v) is 7.48. The number of hydrogen-bond acceptors (Lipinski definition) is 4. The molecule has 0 saturated heterocycles. The van der Waals surface area contributed by atoms with Crippen LogP contribution in [0.15, 0.2) is 30.3 Å². The van der Waals surface area contributed by atoms with Crippen LogP contribution in [0.3, 0.4) is 0 Å². The zero-order chi connectivity index (χ0) is 20.0. The summed E-state index contributed by atoms with van der Waals surface area (Å²) in [5.41, 5.74) is 2.16. The summed E-state index contributed by atoms with van der Waals surface area (Å²) in [5.74, 6) is -7.12. The first-order valence-electron chi connectivity index (χ1n) is 7.48. The number of hydroxylamine groups is 1. The summed E-state index contributed by atoms with van der Waals surface area (Å²) >= 11 is 0. The lowest BCUT2D eigenvalue weighted by atomic mass is 10.1. The fourth-order valence-corrected chi connectivity index (χ4v) is 2.02. The van der Waals surface area contributed by atoms with Crippen molar-refractivity contribution in [1.29, 1.82) is 0 Å². The fraction of sp³-hybridized carbons (Fsp3) is 0.176. The van der Waals surface area contributed by atoms with Gasteiger partial charge in [0.05, 0.1) is 12.7 Å². The molecule has 2 aromatic carbocycles. The van der Waals surface area contributed by atoms with Crippen LogP contribution in [0.5, 0.6) is 0 Å². The number of nitrogens with one attached hydrogen (secondary N) is 2. The van der Waals surface area contributed by atoms with E-state index in [4.69, 9.17) is 0 Å². The summed E-state index contributed by atoms with van der Waals surface area (Å²) in [5, 5.41) is 2.31. The highest BCUT2D eigenvalue weighted by Crippen LogP contribution is 2.19. The molecule has 0 atom stereocenters. The number of hydrogen-bond donors (Lipinski definition) is 2. The molecule has 6 nitrogen and oxygen atoms in total. The molecule has 144 valence electrons. The van der Waals surface area contributed by atoms with E-state index in [9.17, 15) is 27.2 Å². The maximum absolute atomic E-state index is 13.5. The number of amides is 2. The van der Waals surface area contributed by atoms with Gasteiger partial charge in [0.15, 0.2) is 17.5 Å². The largest absolute Gasteiger partial charge is 0.444 e. The van der Waals surface area contributed by atoms with E-state index in [0.29, 0.717) is 11.1 Å². The van der Waals surface area contributed by atoms with Gasteiger partial charge in [-0.2, -0.15) is 0 Å². The highest BCUT2D eigenvalue weighted by atomic mass is 19.2. The molecule has 0 bridgehead atoms.